The van der Waals surface area contributed by atoms with Crippen LogP contribution >= 0.6 is 0 Å². The van der Waals surface area contributed by atoms with Gasteiger partial charge in [-0.3, -0.25) is 4.18 Å². The Balaban J connectivity index is 0.00000176. The average molecular weight is 322 g/mol. The second-order valence-corrected chi connectivity index (χ2v) is 6.26. The van der Waals surface area contributed by atoms with E-state index in [0.717, 1.165) is 10.9 Å². The van der Waals surface area contributed by atoms with Gasteiger partial charge in [-0.05, 0) is 17.0 Å². The van der Waals surface area contributed by atoms with Gasteiger partial charge in [-0.15, -0.1) is 0 Å². The Morgan fingerprint density at radius 2 is 1.41 bits per heavy atom. The molecule has 0 saturated carbocycles. The maximum atomic E-state index is 12.4. The molecule has 5 heteroatoms. The summed E-state index contributed by atoms with van der Waals surface area (Å²) >= 11 is 0. The van der Waals surface area contributed by atoms with E-state index in [-0.39, 0.29) is 41.1 Å². The molecule has 3 rings (SSSR count). The van der Waals surface area contributed by atoms with Crippen molar-refractivity contribution in [3.8, 4) is 0 Å². The van der Waals surface area contributed by atoms with Crippen molar-refractivity contribution in [2.75, 3.05) is 0 Å². The van der Waals surface area contributed by atoms with Crippen LogP contribution in [0.1, 0.15) is 5.56 Å². The van der Waals surface area contributed by atoms with Crippen LogP contribution in [0.15, 0.2) is 77.7 Å². The molecule has 3 aromatic carbocycles. The summed E-state index contributed by atoms with van der Waals surface area (Å²) in [5.74, 6) is 0. The van der Waals surface area contributed by atoms with Gasteiger partial charge < -0.3 is 0 Å². The molecule has 0 spiro atoms. The van der Waals surface area contributed by atoms with E-state index in [1.165, 1.54) is 0 Å². The van der Waals surface area contributed by atoms with Crippen LogP contribution in [0, 0.1) is 0 Å². The van der Waals surface area contributed by atoms with Crippen molar-refractivity contribution in [3.05, 3.63) is 78.4 Å². The molecule has 0 heterocycles. The van der Waals surface area contributed by atoms with E-state index in [4.69, 9.17) is 4.18 Å². The van der Waals surface area contributed by atoms with Crippen molar-refractivity contribution in [2.24, 2.45) is 0 Å². The van der Waals surface area contributed by atoms with E-state index < -0.39 is 10.1 Å². The minimum absolute atomic E-state index is 0. The summed E-state index contributed by atoms with van der Waals surface area (Å²) in [7, 11) is -3.79. The molecular weight excluding hydrogens is 307 g/mol. The van der Waals surface area contributed by atoms with Gasteiger partial charge in [0.15, 0.2) is 0 Å². The fourth-order valence-electron chi connectivity index (χ4n) is 2.20. The molecular formula is C17H15NaO3S. The molecule has 0 fully saturated rings. The molecule has 0 aliphatic carbocycles. The monoisotopic (exact) mass is 322 g/mol. The summed E-state index contributed by atoms with van der Waals surface area (Å²) in [5, 5.41) is 1.55. The van der Waals surface area contributed by atoms with E-state index in [0.29, 0.717) is 5.39 Å². The van der Waals surface area contributed by atoms with Crippen LogP contribution < -0.4 is 0 Å². The van der Waals surface area contributed by atoms with Crippen molar-refractivity contribution < 1.29 is 12.6 Å². The van der Waals surface area contributed by atoms with E-state index >= 15 is 0 Å². The van der Waals surface area contributed by atoms with Crippen LogP contribution in [0.5, 0.6) is 0 Å². The SMILES string of the molecule is O=S(=O)(OCc1ccccc1)c1cccc2ccccc12.[NaH]. The number of benzene rings is 3. The molecule has 108 valence electrons. The molecule has 0 aromatic heterocycles. The fraction of sp³-hybridized carbons (Fsp3) is 0.0588. The van der Waals surface area contributed by atoms with Crippen LogP contribution in [0.2, 0.25) is 0 Å². The quantitative estimate of drug-likeness (QED) is 0.547. The maximum absolute atomic E-state index is 12.4. The first kappa shape index (κ1) is 17.2. The Labute approximate surface area is 152 Å². The summed E-state index contributed by atoms with van der Waals surface area (Å²) in [4.78, 5) is 0.205. The second-order valence-electron chi connectivity index (χ2n) is 4.68. The van der Waals surface area contributed by atoms with Gasteiger partial charge in [0.25, 0.3) is 10.1 Å². The second kappa shape index (κ2) is 7.40. The predicted molar refractivity (Wildman–Crippen MR) is 89.5 cm³/mol. The van der Waals surface area contributed by atoms with E-state index in [1.54, 1.807) is 18.2 Å². The van der Waals surface area contributed by atoms with Crippen molar-refractivity contribution in [2.45, 2.75) is 11.5 Å². The molecule has 0 unspecified atom stereocenters. The van der Waals surface area contributed by atoms with Gasteiger partial charge in [0.2, 0.25) is 0 Å². The predicted octanol–water partition coefficient (Wildman–Crippen LogP) is 3.10. The molecule has 0 bridgehead atoms. The van der Waals surface area contributed by atoms with Gasteiger partial charge in [-0.1, -0.05) is 66.7 Å². The molecule has 0 aliphatic heterocycles. The molecule has 0 N–H and O–H groups in total. The number of fused-ring (bicyclic) bond motifs is 1. The summed E-state index contributed by atoms with van der Waals surface area (Å²) in [5.41, 5.74) is 0.821. The van der Waals surface area contributed by atoms with Crippen LogP contribution in [0.3, 0.4) is 0 Å². The number of rotatable bonds is 4. The van der Waals surface area contributed by atoms with Crippen LogP contribution in [0.4, 0.5) is 0 Å². The van der Waals surface area contributed by atoms with Gasteiger partial charge in [-0.25, -0.2) is 0 Å². The molecule has 0 atom stereocenters. The minimum atomic E-state index is -3.79. The van der Waals surface area contributed by atoms with E-state index in [9.17, 15) is 8.42 Å². The first-order chi connectivity index (χ1) is 10.2. The Bertz CT molecular complexity index is 856. The van der Waals surface area contributed by atoms with Crippen molar-refractivity contribution >= 4 is 50.4 Å². The van der Waals surface area contributed by atoms with Crippen molar-refractivity contribution in [3.63, 3.8) is 0 Å². The van der Waals surface area contributed by atoms with Crippen molar-refractivity contribution in [1.29, 1.82) is 0 Å². The van der Waals surface area contributed by atoms with Crippen LogP contribution in [-0.4, -0.2) is 38.0 Å². The molecule has 3 nitrogen and oxygen atoms in total. The third kappa shape index (κ3) is 3.77. The first-order valence-electron chi connectivity index (χ1n) is 6.58. The van der Waals surface area contributed by atoms with Crippen LogP contribution in [-0.2, 0) is 20.9 Å². The van der Waals surface area contributed by atoms with E-state index in [2.05, 4.69) is 0 Å². The zero-order chi connectivity index (χ0) is 14.7. The Morgan fingerprint density at radius 3 is 2.18 bits per heavy atom. The summed E-state index contributed by atoms with van der Waals surface area (Å²) in [6.45, 7) is 0.0341. The number of hydrogen-bond acceptors (Lipinski definition) is 3. The molecule has 0 radical (unpaired) electrons. The molecule has 3 aromatic rings. The molecule has 0 aliphatic rings. The van der Waals surface area contributed by atoms with Crippen LogP contribution in [0.25, 0.3) is 10.8 Å². The summed E-state index contributed by atoms with van der Waals surface area (Å²) < 4.78 is 30.0. The third-order valence-corrected chi connectivity index (χ3v) is 4.57. The van der Waals surface area contributed by atoms with Gasteiger partial charge in [-0.2, -0.15) is 8.42 Å². The first-order valence-corrected chi connectivity index (χ1v) is 7.99. The standard InChI is InChI=1S/C17H14O3S.Na.H/c18-21(19,20-13-14-7-2-1-3-8-14)17-12-6-10-15-9-4-5-11-16(15)17;;/h1-12H,13H2;;. The van der Waals surface area contributed by atoms with E-state index in [1.807, 2.05) is 54.6 Å². The van der Waals surface area contributed by atoms with Gasteiger partial charge in [0, 0.05) is 5.39 Å². The Kier molecular flexibility index (Phi) is 5.78. The Morgan fingerprint density at radius 1 is 0.773 bits per heavy atom. The van der Waals surface area contributed by atoms with Crippen molar-refractivity contribution in [1.82, 2.24) is 0 Å². The molecule has 0 saturated heterocycles. The average Bonchev–Trinajstić information content (AvgIpc) is 2.53. The Hall–Kier alpha value is -1.17. The van der Waals surface area contributed by atoms with Gasteiger partial charge in [0.05, 0.1) is 6.61 Å². The fourth-order valence-corrected chi connectivity index (χ4v) is 3.32. The third-order valence-electron chi connectivity index (χ3n) is 3.24. The van der Waals surface area contributed by atoms with Gasteiger partial charge >= 0.3 is 29.6 Å². The molecule has 0 amide bonds. The summed E-state index contributed by atoms with van der Waals surface area (Å²) in [6.07, 6.45) is 0. The topological polar surface area (TPSA) is 43.4 Å². The number of hydrogen-bond donors (Lipinski definition) is 0. The molecule has 22 heavy (non-hydrogen) atoms. The summed E-state index contributed by atoms with van der Waals surface area (Å²) in [6, 6.07) is 21.8. The normalized spacial score (nSPS) is 11.1. The zero-order valence-corrected chi connectivity index (χ0v) is 12.1. The van der Waals surface area contributed by atoms with Gasteiger partial charge in [0.1, 0.15) is 4.90 Å². The zero-order valence-electron chi connectivity index (χ0n) is 11.3.